The fraction of sp³-hybridized carbons (Fsp3) is 0.0870. The van der Waals surface area contributed by atoms with Gasteiger partial charge < -0.3 is 14.3 Å². The molecule has 0 aliphatic carbocycles. The van der Waals surface area contributed by atoms with Gasteiger partial charge in [-0.1, -0.05) is 11.6 Å². The number of furan rings is 1. The third-order valence-electron chi connectivity index (χ3n) is 4.52. The minimum Gasteiger partial charge on any atom is -0.507 e. The lowest BCUT2D eigenvalue weighted by atomic mass is 10.2. The molecule has 7 nitrogen and oxygen atoms in total. The largest absolute Gasteiger partial charge is 0.507 e. The van der Waals surface area contributed by atoms with Crippen LogP contribution in [0.15, 0.2) is 80.4 Å². The molecule has 0 unspecified atom stereocenters. The van der Waals surface area contributed by atoms with Gasteiger partial charge in [-0.2, -0.15) is 5.10 Å². The van der Waals surface area contributed by atoms with Crippen molar-refractivity contribution in [2.45, 2.75) is 6.54 Å². The van der Waals surface area contributed by atoms with Crippen molar-refractivity contribution in [2.75, 3.05) is 7.11 Å². The number of aromatic hydroxyl groups is 1. The Kier molecular flexibility index (Phi) is 6.63. The van der Waals surface area contributed by atoms with Gasteiger partial charge in [-0.25, -0.2) is 0 Å². The normalized spacial score (nSPS) is 16.6. The van der Waals surface area contributed by atoms with E-state index in [0.717, 1.165) is 23.1 Å². The SMILES string of the molecule is COc1ccc(/C=N/N=C2\S/C(=C\c3cc(Cl)ccc3O)C(=O)N2Cc2ccco2)cc1. The lowest BCUT2D eigenvalue weighted by molar-refractivity contribution is -0.122. The van der Waals surface area contributed by atoms with E-state index in [1.165, 1.54) is 11.0 Å². The molecule has 1 aliphatic heterocycles. The van der Waals surface area contributed by atoms with Crippen LogP contribution in [-0.2, 0) is 11.3 Å². The highest BCUT2D eigenvalue weighted by Crippen LogP contribution is 2.35. The average Bonchev–Trinajstić information content (AvgIpc) is 3.41. The molecule has 1 saturated heterocycles. The number of benzene rings is 2. The Bertz CT molecular complexity index is 1200. The predicted octanol–water partition coefficient (Wildman–Crippen LogP) is 5.15. The van der Waals surface area contributed by atoms with Crippen molar-refractivity contribution in [2.24, 2.45) is 10.2 Å². The number of thioether (sulfide) groups is 1. The first-order chi connectivity index (χ1) is 15.5. The Hall–Kier alpha value is -3.49. The van der Waals surface area contributed by atoms with Crippen molar-refractivity contribution in [3.05, 3.63) is 87.7 Å². The number of methoxy groups -OCH3 is 1. The topological polar surface area (TPSA) is 87.6 Å². The van der Waals surface area contributed by atoms with Gasteiger partial charge in [0.05, 0.1) is 31.0 Å². The number of rotatable bonds is 6. The van der Waals surface area contributed by atoms with Gasteiger partial charge in [-0.15, -0.1) is 5.10 Å². The Balaban J connectivity index is 1.62. The Labute approximate surface area is 193 Å². The minimum absolute atomic E-state index is 0.0239. The van der Waals surface area contributed by atoms with Crippen LogP contribution >= 0.6 is 23.4 Å². The molecule has 2 aromatic carbocycles. The average molecular weight is 468 g/mol. The summed E-state index contributed by atoms with van der Waals surface area (Å²) in [6.07, 6.45) is 4.72. The number of phenols is 1. The van der Waals surface area contributed by atoms with Crippen LogP contribution in [0.1, 0.15) is 16.9 Å². The highest BCUT2D eigenvalue weighted by atomic mass is 35.5. The zero-order chi connectivity index (χ0) is 22.5. The van der Waals surface area contributed by atoms with Crippen LogP contribution < -0.4 is 4.74 Å². The van der Waals surface area contributed by atoms with Crippen LogP contribution in [0.2, 0.25) is 5.02 Å². The second kappa shape index (κ2) is 9.76. The Morgan fingerprint density at radius 1 is 1.22 bits per heavy atom. The van der Waals surface area contributed by atoms with Crippen molar-refractivity contribution in [1.82, 2.24) is 4.90 Å². The van der Waals surface area contributed by atoms with Gasteiger partial charge in [0.2, 0.25) is 0 Å². The number of ether oxygens (including phenoxy) is 1. The standard InChI is InChI=1S/C23H18ClN3O4S/c1-30-18-7-4-15(5-8-18)13-25-26-23-27(14-19-3-2-10-31-19)22(29)21(32-23)12-16-11-17(24)6-9-20(16)28/h2-13,28H,14H2,1H3/b21-12-,25-13+,26-23-. The molecule has 1 amide bonds. The molecule has 0 spiro atoms. The van der Waals surface area contributed by atoms with E-state index >= 15 is 0 Å². The number of phenolic OH excluding ortho intramolecular Hbond substituents is 1. The summed E-state index contributed by atoms with van der Waals surface area (Å²) in [6, 6.07) is 15.5. The van der Waals surface area contributed by atoms with Crippen LogP contribution in [-0.4, -0.2) is 34.4 Å². The fourth-order valence-corrected chi connectivity index (χ4v) is 4.00. The Morgan fingerprint density at radius 3 is 2.75 bits per heavy atom. The van der Waals surface area contributed by atoms with E-state index in [2.05, 4.69) is 10.2 Å². The molecule has 1 fully saturated rings. The molecule has 0 radical (unpaired) electrons. The summed E-state index contributed by atoms with van der Waals surface area (Å²) in [5.41, 5.74) is 1.27. The predicted molar refractivity (Wildman–Crippen MR) is 126 cm³/mol. The summed E-state index contributed by atoms with van der Waals surface area (Å²) in [5, 5.41) is 19.4. The molecule has 4 rings (SSSR count). The van der Waals surface area contributed by atoms with Crippen LogP contribution in [0.5, 0.6) is 11.5 Å². The van der Waals surface area contributed by atoms with Gasteiger partial charge in [0.25, 0.3) is 5.91 Å². The van der Waals surface area contributed by atoms with Crippen LogP contribution in [0.4, 0.5) is 0 Å². The van der Waals surface area contributed by atoms with Gasteiger partial charge in [0.1, 0.15) is 17.3 Å². The van der Waals surface area contributed by atoms with Crippen molar-refractivity contribution >= 4 is 46.7 Å². The van der Waals surface area contributed by atoms with Crippen molar-refractivity contribution in [3.8, 4) is 11.5 Å². The summed E-state index contributed by atoms with van der Waals surface area (Å²) < 4.78 is 10.5. The minimum atomic E-state index is -0.274. The summed E-state index contributed by atoms with van der Waals surface area (Å²) >= 11 is 7.19. The zero-order valence-corrected chi connectivity index (χ0v) is 18.5. The second-order valence-electron chi connectivity index (χ2n) is 6.68. The molecule has 1 aromatic heterocycles. The summed E-state index contributed by atoms with van der Waals surface area (Å²) in [5.74, 6) is 1.10. The van der Waals surface area contributed by atoms with Gasteiger partial charge >= 0.3 is 0 Å². The molecule has 0 saturated carbocycles. The third kappa shape index (κ3) is 5.04. The van der Waals surface area contributed by atoms with Crippen molar-refractivity contribution < 1.29 is 19.1 Å². The van der Waals surface area contributed by atoms with Crippen molar-refractivity contribution in [3.63, 3.8) is 0 Å². The number of halogens is 1. The van der Waals surface area contributed by atoms with E-state index in [1.807, 2.05) is 24.3 Å². The van der Waals surface area contributed by atoms with Crippen LogP contribution in [0.3, 0.4) is 0 Å². The van der Waals surface area contributed by atoms with Gasteiger partial charge in [-0.05, 0) is 78.0 Å². The van der Waals surface area contributed by atoms with Gasteiger partial charge in [-0.3, -0.25) is 9.69 Å². The number of hydrogen-bond acceptors (Lipinski definition) is 7. The molecule has 0 atom stereocenters. The highest BCUT2D eigenvalue weighted by molar-refractivity contribution is 8.18. The van der Waals surface area contributed by atoms with Crippen molar-refractivity contribution in [1.29, 1.82) is 0 Å². The smallest absolute Gasteiger partial charge is 0.267 e. The first kappa shape index (κ1) is 21.7. The molecule has 9 heteroatoms. The summed E-state index contributed by atoms with van der Waals surface area (Å²) in [4.78, 5) is 14.9. The molecule has 162 valence electrons. The fourth-order valence-electron chi connectivity index (χ4n) is 2.90. The number of amides is 1. The number of carbonyl (C=O) groups excluding carboxylic acids is 1. The highest BCUT2D eigenvalue weighted by Gasteiger charge is 2.34. The van der Waals surface area contributed by atoms with E-state index in [-0.39, 0.29) is 18.2 Å². The Morgan fingerprint density at radius 2 is 2.03 bits per heavy atom. The molecule has 1 aliphatic rings. The lowest BCUT2D eigenvalue weighted by Gasteiger charge is -2.12. The number of nitrogens with zero attached hydrogens (tertiary/aromatic N) is 3. The maximum absolute atomic E-state index is 13.1. The lowest BCUT2D eigenvalue weighted by Crippen LogP contribution is -2.28. The van der Waals surface area contributed by atoms with E-state index in [1.54, 1.807) is 49.9 Å². The first-order valence-electron chi connectivity index (χ1n) is 9.51. The summed E-state index contributed by atoms with van der Waals surface area (Å²) in [6.45, 7) is 0.203. The van der Waals surface area contributed by atoms with Crippen LogP contribution in [0, 0.1) is 0 Å². The molecular formula is C23H18ClN3O4S. The molecule has 1 N–H and O–H groups in total. The van der Waals surface area contributed by atoms with Gasteiger partial charge in [0, 0.05) is 10.6 Å². The van der Waals surface area contributed by atoms with Gasteiger partial charge in [0.15, 0.2) is 5.17 Å². The first-order valence-corrected chi connectivity index (χ1v) is 10.7. The monoisotopic (exact) mass is 467 g/mol. The number of hydrogen-bond donors (Lipinski definition) is 1. The maximum atomic E-state index is 13.1. The maximum Gasteiger partial charge on any atom is 0.267 e. The molecule has 32 heavy (non-hydrogen) atoms. The summed E-state index contributed by atoms with van der Waals surface area (Å²) in [7, 11) is 1.60. The van der Waals surface area contributed by atoms with E-state index in [0.29, 0.717) is 26.4 Å². The van der Waals surface area contributed by atoms with E-state index < -0.39 is 0 Å². The molecule has 3 aromatic rings. The zero-order valence-electron chi connectivity index (χ0n) is 16.9. The number of amidine groups is 1. The molecule has 0 bridgehead atoms. The second-order valence-corrected chi connectivity index (χ2v) is 8.13. The molecule has 2 heterocycles. The van der Waals surface area contributed by atoms with E-state index in [9.17, 15) is 9.90 Å². The van der Waals surface area contributed by atoms with E-state index in [4.69, 9.17) is 20.8 Å². The molecular weight excluding hydrogens is 450 g/mol. The third-order valence-corrected chi connectivity index (χ3v) is 5.76. The van der Waals surface area contributed by atoms with Crippen LogP contribution in [0.25, 0.3) is 6.08 Å². The number of carbonyl (C=O) groups is 1. The quantitative estimate of drug-likeness (QED) is 0.307.